The summed E-state index contributed by atoms with van der Waals surface area (Å²) in [6, 6.07) is 15.6. The first-order valence-corrected chi connectivity index (χ1v) is 11.2. The van der Waals surface area contributed by atoms with Gasteiger partial charge in [0.2, 0.25) is 5.91 Å². The van der Waals surface area contributed by atoms with Gasteiger partial charge in [-0.3, -0.25) is 9.59 Å². The first-order valence-electron chi connectivity index (χ1n) is 11.2. The number of esters is 1. The van der Waals surface area contributed by atoms with Gasteiger partial charge in [-0.1, -0.05) is 42.5 Å². The van der Waals surface area contributed by atoms with Crippen molar-refractivity contribution < 1.29 is 28.6 Å². The van der Waals surface area contributed by atoms with E-state index in [0.717, 1.165) is 11.1 Å². The summed E-state index contributed by atoms with van der Waals surface area (Å²) in [4.78, 5) is 39.8. The molecule has 0 radical (unpaired) electrons. The highest BCUT2D eigenvalue weighted by molar-refractivity contribution is 5.88. The Balaban J connectivity index is 2.31. The Labute approximate surface area is 201 Å². The molecule has 184 valence electrons. The molecule has 2 rings (SSSR count). The van der Waals surface area contributed by atoms with Gasteiger partial charge in [-0.2, -0.15) is 0 Å². The Morgan fingerprint density at radius 2 is 1.62 bits per heavy atom. The van der Waals surface area contributed by atoms with Crippen LogP contribution in [0.15, 0.2) is 54.6 Å². The van der Waals surface area contributed by atoms with Gasteiger partial charge < -0.3 is 24.4 Å². The normalized spacial score (nSPS) is 11.8. The fourth-order valence-electron chi connectivity index (χ4n) is 3.25. The summed E-state index contributed by atoms with van der Waals surface area (Å²) in [5, 5.41) is 2.69. The lowest BCUT2D eigenvalue weighted by Crippen LogP contribution is -2.51. The summed E-state index contributed by atoms with van der Waals surface area (Å²) in [6.07, 6.45) is -0.508. The number of alkyl carbamates (subject to hydrolysis) is 1. The molecule has 0 spiro atoms. The maximum absolute atomic E-state index is 13.6. The number of rotatable bonds is 10. The first-order chi connectivity index (χ1) is 16.1. The zero-order valence-corrected chi connectivity index (χ0v) is 20.5. The van der Waals surface area contributed by atoms with Crippen molar-refractivity contribution in [2.75, 3.05) is 20.3 Å². The van der Waals surface area contributed by atoms with Crippen LogP contribution in [0.1, 0.15) is 38.8 Å². The third kappa shape index (κ3) is 9.13. The summed E-state index contributed by atoms with van der Waals surface area (Å²) < 4.78 is 15.6. The van der Waals surface area contributed by atoms with Crippen molar-refractivity contribution in [2.24, 2.45) is 0 Å². The number of hydrogen-bond acceptors (Lipinski definition) is 6. The topological polar surface area (TPSA) is 94.2 Å². The Morgan fingerprint density at radius 1 is 0.971 bits per heavy atom. The van der Waals surface area contributed by atoms with Gasteiger partial charge in [-0.15, -0.1) is 0 Å². The molecule has 0 fully saturated rings. The van der Waals surface area contributed by atoms with Gasteiger partial charge >= 0.3 is 12.1 Å². The lowest BCUT2D eigenvalue weighted by molar-refractivity contribution is -0.150. The monoisotopic (exact) mass is 470 g/mol. The molecule has 1 atom stereocenters. The van der Waals surface area contributed by atoms with Crippen LogP contribution < -0.4 is 10.1 Å². The molecule has 8 heteroatoms. The van der Waals surface area contributed by atoms with Crippen LogP contribution >= 0.6 is 0 Å². The van der Waals surface area contributed by atoms with E-state index in [4.69, 9.17) is 14.2 Å². The standard InChI is InChI=1S/C26H34N2O6/c1-6-33-23(29)18-28(17-20-10-8-7-9-11-20)24(30)22(27-25(31)34-26(2,3)4)16-19-12-14-21(32-5)15-13-19/h7-15,22H,6,16-18H2,1-5H3,(H,27,31)/t22-/m1/s1. The molecule has 0 bridgehead atoms. The highest BCUT2D eigenvalue weighted by Gasteiger charge is 2.30. The van der Waals surface area contributed by atoms with Crippen molar-refractivity contribution in [3.05, 3.63) is 65.7 Å². The maximum Gasteiger partial charge on any atom is 0.408 e. The number of methoxy groups -OCH3 is 1. The predicted octanol–water partition coefficient (Wildman–Crippen LogP) is 3.72. The minimum absolute atomic E-state index is 0.188. The van der Waals surface area contributed by atoms with E-state index < -0.39 is 29.6 Å². The lowest BCUT2D eigenvalue weighted by atomic mass is 10.0. The van der Waals surface area contributed by atoms with Crippen molar-refractivity contribution in [2.45, 2.75) is 52.3 Å². The Kier molecular flexibility index (Phi) is 9.92. The molecule has 34 heavy (non-hydrogen) atoms. The molecule has 2 amide bonds. The quantitative estimate of drug-likeness (QED) is 0.532. The van der Waals surface area contributed by atoms with Crippen LogP contribution in [0.25, 0.3) is 0 Å². The zero-order chi connectivity index (χ0) is 25.1. The van der Waals surface area contributed by atoms with Crippen molar-refractivity contribution in [1.29, 1.82) is 0 Å². The van der Waals surface area contributed by atoms with Gasteiger partial charge in [0, 0.05) is 13.0 Å². The number of ether oxygens (including phenoxy) is 3. The van der Waals surface area contributed by atoms with E-state index in [1.807, 2.05) is 42.5 Å². The summed E-state index contributed by atoms with van der Waals surface area (Å²) in [5.41, 5.74) is 0.929. The maximum atomic E-state index is 13.6. The molecule has 2 aromatic rings. The lowest BCUT2D eigenvalue weighted by Gasteiger charge is -2.28. The van der Waals surface area contributed by atoms with Crippen molar-refractivity contribution >= 4 is 18.0 Å². The molecule has 0 aliphatic heterocycles. The Morgan fingerprint density at radius 3 is 2.18 bits per heavy atom. The molecular weight excluding hydrogens is 436 g/mol. The van der Waals surface area contributed by atoms with E-state index in [1.165, 1.54) is 4.90 Å². The van der Waals surface area contributed by atoms with Gasteiger partial charge in [0.15, 0.2) is 0 Å². The molecule has 2 aromatic carbocycles. The fourth-order valence-corrected chi connectivity index (χ4v) is 3.25. The van der Waals surface area contributed by atoms with Gasteiger partial charge in [0.05, 0.1) is 13.7 Å². The number of carbonyl (C=O) groups is 3. The molecular formula is C26H34N2O6. The summed E-state index contributed by atoms with van der Waals surface area (Å²) in [5.74, 6) is -0.259. The predicted molar refractivity (Wildman–Crippen MR) is 128 cm³/mol. The molecule has 8 nitrogen and oxygen atoms in total. The highest BCUT2D eigenvalue weighted by Crippen LogP contribution is 2.16. The second-order valence-corrected chi connectivity index (χ2v) is 8.74. The third-order valence-corrected chi connectivity index (χ3v) is 4.74. The summed E-state index contributed by atoms with van der Waals surface area (Å²) in [7, 11) is 1.57. The second kappa shape index (κ2) is 12.6. The van der Waals surface area contributed by atoms with Gasteiger partial charge in [-0.25, -0.2) is 4.79 Å². The van der Waals surface area contributed by atoms with Crippen molar-refractivity contribution in [1.82, 2.24) is 10.2 Å². The van der Waals surface area contributed by atoms with Gasteiger partial charge in [-0.05, 0) is 51.0 Å². The number of carbonyl (C=O) groups excluding carboxylic acids is 3. The number of nitrogens with zero attached hydrogens (tertiary/aromatic N) is 1. The van der Waals surface area contributed by atoms with Crippen LogP contribution in [0.5, 0.6) is 5.75 Å². The molecule has 0 unspecified atom stereocenters. The molecule has 0 saturated heterocycles. The molecule has 0 aliphatic rings. The average Bonchev–Trinajstić information content (AvgIpc) is 2.78. The Bertz CT molecular complexity index is 938. The highest BCUT2D eigenvalue weighted by atomic mass is 16.6. The van der Waals surface area contributed by atoms with Crippen LogP contribution in [0.2, 0.25) is 0 Å². The number of hydrogen-bond donors (Lipinski definition) is 1. The largest absolute Gasteiger partial charge is 0.497 e. The smallest absolute Gasteiger partial charge is 0.408 e. The Hall–Kier alpha value is -3.55. The van der Waals surface area contributed by atoms with Crippen LogP contribution in [-0.4, -0.2) is 54.8 Å². The first kappa shape index (κ1) is 26.7. The summed E-state index contributed by atoms with van der Waals surface area (Å²) in [6.45, 7) is 7.10. The van der Waals surface area contributed by atoms with Gasteiger partial charge in [0.1, 0.15) is 23.9 Å². The van der Waals surface area contributed by atoms with Crippen LogP contribution in [0.4, 0.5) is 4.79 Å². The molecule has 0 aromatic heterocycles. The zero-order valence-electron chi connectivity index (χ0n) is 20.5. The van der Waals surface area contributed by atoms with Gasteiger partial charge in [0.25, 0.3) is 0 Å². The SMILES string of the molecule is CCOC(=O)CN(Cc1ccccc1)C(=O)[C@@H](Cc1ccc(OC)cc1)NC(=O)OC(C)(C)C. The number of nitrogens with one attached hydrogen (secondary N) is 1. The third-order valence-electron chi connectivity index (χ3n) is 4.74. The van der Waals surface area contributed by atoms with Crippen molar-refractivity contribution in [3.63, 3.8) is 0 Å². The number of amides is 2. The molecule has 0 heterocycles. The average molecular weight is 471 g/mol. The van der Waals surface area contributed by atoms with E-state index in [9.17, 15) is 14.4 Å². The minimum atomic E-state index is -0.957. The van der Waals surface area contributed by atoms with E-state index in [0.29, 0.717) is 5.75 Å². The van der Waals surface area contributed by atoms with Crippen LogP contribution in [0, 0.1) is 0 Å². The van der Waals surface area contributed by atoms with E-state index >= 15 is 0 Å². The fraction of sp³-hybridized carbons (Fsp3) is 0.423. The van der Waals surface area contributed by atoms with Crippen molar-refractivity contribution in [3.8, 4) is 5.75 Å². The van der Waals surface area contributed by atoms with E-state index in [-0.39, 0.29) is 26.1 Å². The molecule has 0 saturated carbocycles. The summed E-state index contributed by atoms with van der Waals surface area (Å²) >= 11 is 0. The van der Waals surface area contributed by atoms with Crippen LogP contribution in [0.3, 0.4) is 0 Å². The van der Waals surface area contributed by atoms with Crippen LogP contribution in [-0.2, 0) is 32.0 Å². The van der Waals surface area contributed by atoms with E-state index in [1.54, 1.807) is 46.9 Å². The molecule has 0 aliphatic carbocycles. The second-order valence-electron chi connectivity index (χ2n) is 8.74. The molecule has 1 N–H and O–H groups in total. The minimum Gasteiger partial charge on any atom is -0.497 e. The van der Waals surface area contributed by atoms with E-state index in [2.05, 4.69) is 5.32 Å². The number of benzene rings is 2.